The van der Waals surface area contributed by atoms with E-state index >= 15 is 0 Å². The van der Waals surface area contributed by atoms with Gasteiger partial charge in [0, 0.05) is 20.1 Å². The highest BCUT2D eigenvalue weighted by Gasteiger charge is 2.52. The van der Waals surface area contributed by atoms with E-state index in [9.17, 15) is 14.4 Å². The van der Waals surface area contributed by atoms with E-state index in [1.165, 1.54) is 7.05 Å². The highest BCUT2D eigenvalue weighted by atomic mass is 16.4. The van der Waals surface area contributed by atoms with Gasteiger partial charge in [0.15, 0.2) is 0 Å². The summed E-state index contributed by atoms with van der Waals surface area (Å²) in [4.78, 5) is 37.4. The molecule has 0 aromatic heterocycles. The van der Waals surface area contributed by atoms with E-state index in [-0.39, 0.29) is 23.7 Å². The molecular formula is C11H16N2O4. The summed E-state index contributed by atoms with van der Waals surface area (Å²) in [5.41, 5.74) is 0. The molecule has 2 aliphatic rings. The fourth-order valence-electron chi connectivity index (χ4n) is 2.78. The van der Waals surface area contributed by atoms with Crippen molar-refractivity contribution >= 4 is 17.8 Å². The Bertz CT molecular complexity index is 358. The molecule has 3 atom stereocenters. The quantitative estimate of drug-likeness (QED) is 0.666. The van der Waals surface area contributed by atoms with E-state index in [1.54, 1.807) is 11.8 Å². The molecule has 2 heterocycles. The maximum atomic E-state index is 11.8. The van der Waals surface area contributed by atoms with Gasteiger partial charge in [-0.2, -0.15) is 0 Å². The molecule has 0 aliphatic carbocycles. The first-order valence-corrected chi connectivity index (χ1v) is 5.75. The van der Waals surface area contributed by atoms with E-state index in [0.29, 0.717) is 19.5 Å². The standard InChI is InChI=1S/C11H16N2O4/c1-3-8(11(16)17)13-4-6-7(5-13)10(15)12(2)9(6)14/h6-8H,3-5H2,1-2H3,(H,16,17)/t6-,7-,8+/m0/s1. The van der Waals surface area contributed by atoms with Gasteiger partial charge in [0.25, 0.3) is 0 Å². The zero-order chi connectivity index (χ0) is 12.7. The number of imide groups is 1. The topological polar surface area (TPSA) is 77.9 Å². The molecule has 0 spiro atoms. The van der Waals surface area contributed by atoms with E-state index in [0.717, 1.165) is 4.90 Å². The van der Waals surface area contributed by atoms with Crippen LogP contribution >= 0.6 is 0 Å². The van der Waals surface area contributed by atoms with E-state index in [2.05, 4.69) is 0 Å². The summed E-state index contributed by atoms with van der Waals surface area (Å²) in [6.07, 6.45) is 0.479. The van der Waals surface area contributed by atoms with Crippen molar-refractivity contribution in [2.45, 2.75) is 19.4 Å². The summed E-state index contributed by atoms with van der Waals surface area (Å²) in [5.74, 6) is -1.94. The Morgan fingerprint density at radius 3 is 2.18 bits per heavy atom. The molecule has 17 heavy (non-hydrogen) atoms. The van der Waals surface area contributed by atoms with Crippen LogP contribution in [-0.2, 0) is 14.4 Å². The van der Waals surface area contributed by atoms with Gasteiger partial charge in [0.05, 0.1) is 11.8 Å². The molecule has 94 valence electrons. The largest absolute Gasteiger partial charge is 0.480 e. The lowest BCUT2D eigenvalue weighted by Gasteiger charge is -2.24. The first-order chi connectivity index (χ1) is 7.97. The number of carbonyl (C=O) groups excluding carboxylic acids is 2. The van der Waals surface area contributed by atoms with E-state index < -0.39 is 12.0 Å². The number of likely N-dealkylation sites (tertiary alicyclic amines) is 2. The highest BCUT2D eigenvalue weighted by Crippen LogP contribution is 2.33. The number of hydrogen-bond acceptors (Lipinski definition) is 4. The Hall–Kier alpha value is -1.43. The van der Waals surface area contributed by atoms with Gasteiger partial charge in [-0.25, -0.2) is 0 Å². The first-order valence-electron chi connectivity index (χ1n) is 5.75. The Morgan fingerprint density at radius 1 is 1.35 bits per heavy atom. The van der Waals surface area contributed by atoms with Crippen LogP contribution < -0.4 is 0 Å². The lowest BCUT2D eigenvalue weighted by atomic mass is 10.00. The summed E-state index contributed by atoms with van der Waals surface area (Å²) in [6.45, 7) is 2.55. The Kier molecular flexibility index (Phi) is 2.91. The summed E-state index contributed by atoms with van der Waals surface area (Å²) in [6, 6.07) is -0.591. The predicted molar refractivity (Wildman–Crippen MR) is 58.0 cm³/mol. The molecule has 6 nitrogen and oxygen atoms in total. The first kappa shape index (κ1) is 12.0. The molecule has 6 heteroatoms. The van der Waals surface area contributed by atoms with Crippen molar-refractivity contribution in [3.05, 3.63) is 0 Å². The van der Waals surface area contributed by atoms with Crippen LogP contribution in [0.5, 0.6) is 0 Å². The van der Waals surface area contributed by atoms with E-state index in [4.69, 9.17) is 5.11 Å². The molecule has 0 bridgehead atoms. The maximum absolute atomic E-state index is 11.8. The minimum Gasteiger partial charge on any atom is -0.480 e. The molecule has 2 aliphatic heterocycles. The SMILES string of the molecule is CC[C@H](C(=O)O)N1C[C@@H]2C(=O)N(C)C(=O)[C@H]2C1. The number of carboxylic acids is 1. The minimum absolute atomic E-state index is 0.178. The number of aliphatic carboxylic acids is 1. The fraction of sp³-hybridized carbons (Fsp3) is 0.727. The zero-order valence-electron chi connectivity index (χ0n) is 9.92. The molecular weight excluding hydrogens is 224 g/mol. The molecule has 2 amide bonds. The third kappa shape index (κ3) is 1.72. The van der Waals surface area contributed by atoms with Crippen LogP contribution in [-0.4, -0.2) is 58.9 Å². The second kappa shape index (κ2) is 4.10. The number of rotatable bonds is 3. The zero-order valence-corrected chi connectivity index (χ0v) is 9.92. The summed E-state index contributed by atoms with van der Waals surface area (Å²) < 4.78 is 0. The number of carbonyl (C=O) groups is 3. The van der Waals surface area contributed by atoms with Crippen LogP contribution in [0, 0.1) is 11.8 Å². The van der Waals surface area contributed by atoms with Crippen molar-refractivity contribution in [1.82, 2.24) is 9.80 Å². The second-order valence-corrected chi connectivity index (χ2v) is 4.66. The van der Waals surface area contributed by atoms with Crippen molar-refractivity contribution < 1.29 is 19.5 Å². The molecule has 0 saturated carbocycles. The molecule has 0 unspecified atom stereocenters. The molecule has 2 saturated heterocycles. The number of fused-ring (bicyclic) bond motifs is 1. The lowest BCUT2D eigenvalue weighted by molar-refractivity contribution is -0.145. The summed E-state index contributed by atoms with van der Waals surface area (Å²) in [7, 11) is 1.49. The van der Waals surface area contributed by atoms with Crippen LogP contribution in [0.4, 0.5) is 0 Å². The number of carboxylic acid groups (broad SMARTS) is 1. The smallest absolute Gasteiger partial charge is 0.320 e. The molecule has 0 aromatic carbocycles. The number of amides is 2. The van der Waals surface area contributed by atoms with Crippen LogP contribution in [0.3, 0.4) is 0 Å². The van der Waals surface area contributed by atoms with Crippen LogP contribution in [0.15, 0.2) is 0 Å². The Labute approximate surface area is 99.2 Å². The molecule has 0 aromatic rings. The van der Waals surface area contributed by atoms with Crippen molar-refractivity contribution in [2.24, 2.45) is 11.8 Å². The van der Waals surface area contributed by atoms with Gasteiger partial charge in [-0.1, -0.05) is 6.92 Å². The van der Waals surface area contributed by atoms with Gasteiger partial charge in [-0.05, 0) is 6.42 Å². The van der Waals surface area contributed by atoms with Crippen LogP contribution in [0.2, 0.25) is 0 Å². The van der Waals surface area contributed by atoms with Gasteiger partial charge in [0.1, 0.15) is 6.04 Å². The molecule has 0 radical (unpaired) electrons. The highest BCUT2D eigenvalue weighted by molar-refractivity contribution is 6.05. The molecule has 2 rings (SSSR count). The normalized spacial score (nSPS) is 30.8. The van der Waals surface area contributed by atoms with Crippen molar-refractivity contribution in [2.75, 3.05) is 20.1 Å². The average molecular weight is 240 g/mol. The van der Waals surface area contributed by atoms with Crippen molar-refractivity contribution in [3.63, 3.8) is 0 Å². The van der Waals surface area contributed by atoms with Crippen molar-refractivity contribution in [1.29, 1.82) is 0 Å². The third-order valence-electron chi connectivity index (χ3n) is 3.76. The van der Waals surface area contributed by atoms with Crippen LogP contribution in [0.25, 0.3) is 0 Å². The molecule has 2 fully saturated rings. The second-order valence-electron chi connectivity index (χ2n) is 4.66. The molecule has 1 N–H and O–H groups in total. The van der Waals surface area contributed by atoms with Gasteiger partial charge in [0.2, 0.25) is 11.8 Å². The average Bonchev–Trinajstić information content (AvgIpc) is 2.77. The third-order valence-corrected chi connectivity index (χ3v) is 3.76. The monoisotopic (exact) mass is 240 g/mol. The number of hydrogen-bond donors (Lipinski definition) is 1. The van der Waals surface area contributed by atoms with Crippen molar-refractivity contribution in [3.8, 4) is 0 Å². The van der Waals surface area contributed by atoms with Gasteiger partial charge in [-0.3, -0.25) is 24.2 Å². The van der Waals surface area contributed by atoms with E-state index in [1.807, 2.05) is 0 Å². The minimum atomic E-state index is -0.888. The van der Waals surface area contributed by atoms with Gasteiger partial charge < -0.3 is 5.11 Å². The Balaban J connectivity index is 2.14. The maximum Gasteiger partial charge on any atom is 0.320 e. The summed E-state index contributed by atoms with van der Waals surface area (Å²) in [5, 5.41) is 9.06. The van der Waals surface area contributed by atoms with Crippen LogP contribution in [0.1, 0.15) is 13.3 Å². The Morgan fingerprint density at radius 2 is 1.82 bits per heavy atom. The summed E-state index contributed by atoms with van der Waals surface area (Å²) >= 11 is 0. The predicted octanol–water partition coefficient (Wildman–Crippen LogP) is -0.604. The lowest BCUT2D eigenvalue weighted by Crippen LogP contribution is -2.42. The number of nitrogens with zero attached hydrogens (tertiary/aromatic N) is 2. The fourth-order valence-corrected chi connectivity index (χ4v) is 2.78. The van der Waals surface area contributed by atoms with Gasteiger partial charge in [-0.15, -0.1) is 0 Å². The van der Waals surface area contributed by atoms with Gasteiger partial charge >= 0.3 is 5.97 Å².